The van der Waals surface area contributed by atoms with Gasteiger partial charge in [-0.2, -0.15) is 4.39 Å². The molecule has 1 aromatic carbocycles. The first-order valence-corrected chi connectivity index (χ1v) is 6.78. The van der Waals surface area contributed by atoms with Gasteiger partial charge in [0.25, 0.3) is 0 Å². The Balaban J connectivity index is 3.25. The van der Waals surface area contributed by atoms with Crippen molar-refractivity contribution in [2.24, 2.45) is 0 Å². The summed E-state index contributed by atoms with van der Waals surface area (Å²) in [5.41, 5.74) is -2.56. The summed E-state index contributed by atoms with van der Waals surface area (Å²) in [6.07, 6.45) is 0. The number of nitro groups is 1. The van der Waals surface area contributed by atoms with E-state index in [4.69, 9.17) is 0 Å². The molecule has 0 amide bonds. The van der Waals surface area contributed by atoms with Gasteiger partial charge in [0.05, 0.1) is 10.5 Å². The highest BCUT2D eigenvalue weighted by Crippen LogP contribution is 2.24. The lowest BCUT2D eigenvalue weighted by molar-refractivity contribution is -0.387. The number of nitrogens with one attached hydrogen (secondary N) is 1. The van der Waals surface area contributed by atoms with Gasteiger partial charge in [0.1, 0.15) is 10.7 Å². The predicted octanol–water partition coefficient (Wildman–Crippen LogP) is 0.922. The molecule has 2 N–H and O–H groups in total. The van der Waals surface area contributed by atoms with Gasteiger partial charge in [-0.1, -0.05) is 0 Å². The Morgan fingerprint density at radius 1 is 1.35 bits per heavy atom. The van der Waals surface area contributed by atoms with Crippen molar-refractivity contribution >= 4 is 15.7 Å². The summed E-state index contributed by atoms with van der Waals surface area (Å²) in [7, 11) is -4.45. The smallest absolute Gasteiger partial charge is 0.306 e. The van der Waals surface area contributed by atoms with Crippen LogP contribution in [0.2, 0.25) is 0 Å². The number of hydrogen-bond acceptors (Lipinski definition) is 5. The Hall–Kier alpha value is -1.65. The van der Waals surface area contributed by atoms with Crippen LogP contribution in [0.3, 0.4) is 0 Å². The normalized spacial score (nSPS) is 12.4. The van der Waals surface area contributed by atoms with Gasteiger partial charge < -0.3 is 5.11 Å². The molecule has 10 heteroatoms. The number of aliphatic hydroxyl groups is 1. The molecule has 0 saturated carbocycles. The fourth-order valence-electron chi connectivity index (χ4n) is 1.21. The molecule has 0 aliphatic rings. The van der Waals surface area contributed by atoms with Crippen molar-refractivity contribution in [3.05, 3.63) is 33.9 Å². The lowest BCUT2D eigenvalue weighted by Crippen LogP contribution is -2.38. The van der Waals surface area contributed by atoms with Crippen molar-refractivity contribution < 1.29 is 27.2 Å². The van der Waals surface area contributed by atoms with Gasteiger partial charge in [-0.05, 0) is 13.8 Å². The number of hydrogen-bond donors (Lipinski definition) is 2. The van der Waals surface area contributed by atoms with Crippen molar-refractivity contribution in [2.75, 3.05) is 6.54 Å². The molecule has 0 saturated heterocycles. The quantitative estimate of drug-likeness (QED) is 0.621. The number of halogens is 2. The monoisotopic (exact) mass is 310 g/mol. The second kappa shape index (κ2) is 5.38. The SMILES string of the molecule is CC(C)(O)CNS(=O)(=O)c1cc([N+](=O)[O-])c(F)cc1F. The first kappa shape index (κ1) is 16.4. The molecule has 7 nitrogen and oxygen atoms in total. The van der Waals surface area contributed by atoms with E-state index in [-0.39, 0.29) is 12.1 Å². The Morgan fingerprint density at radius 2 is 1.90 bits per heavy atom. The number of nitrogens with zero attached hydrogens (tertiary/aromatic N) is 1. The molecule has 0 aliphatic heterocycles. The van der Waals surface area contributed by atoms with E-state index in [0.717, 1.165) is 0 Å². The second-order valence-electron chi connectivity index (χ2n) is 4.63. The van der Waals surface area contributed by atoms with Gasteiger partial charge in [0, 0.05) is 18.7 Å². The van der Waals surface area contributed by atoms with Crippen LogP contribution in [0.15, 0.2) is 17.0 Å². The van der Waals surface area contributed by atoms with Crippen molar-refractivity contribution in [3.63, 3.8) is 0 Å². The third kappa shape index (κ3) is 3.92. The van der Waals surface area contributed by atoms with Gasteiger partial charge >= 0.3 is 5.69 Å². The summed E-state index contributed by atoms with van der Waals surface area (Å²) < 4.78 is 52.0. The summed E-state index contributed by atoms with van der Waals surface area (Å²) in [6, 6.07) is 0.411. The van der Waals surface area contributed by atoms with Crippen molar-refractivity contribution in [1.29, 1.82) is 0 Å². The Morgan fingerprint density at radius 3 is 2.35 bits per heavy atom. The molecule has 0 aromatic heterocycles. The molecule has 0 fully saturated rings. The first-order valence-electron chi connectivity index (χ1n) is 5.29. The molecule has 1 rings (SSSR count). The molecular formula is C10H12F2N2O5S. The summed E-state index contributed by atoms with van der Waals surface area (Å²) in [6.45, 7) is 2.16. The third-order valence-corrected chi connectivity index (χ3v) is 3.60. The van der Waals surface area contributed by atoms with Crippen molar-refractivity contribution in [3.8, 4) is 0 Å². The average Bonchev–Trinajstić information content (AvgIpc) is 2.24. The molecular weight excluding hydrogens is 298 g/mol. The zero-order valence-electron chi connectivity index (χ0n) is 10.6. The maximum absolute atomic E-state index is 13.5. The molecule has 0 atom stereocenters. The lowest BCUT2D eigenvalue weighted by atomic mass is 10.1. The third-order valence-electron chi connectivity index (χ3n) is 2.18. The second-order valence-corrected chi connectivity index (χ2v) is 6.36. The zero-order valence-corrected chi connectivity index (χ0v) is 11.4. The van der Waals surface area contributed by atoms with E-state index in [0.29, 0.717) is 0 Å². The molecule has 112 valence electrons. The molecule has 1 aromatic rings. The highest BCUT2D eigenvalue weighted by atomic mass is 32.2. The Kier molecular flexibility index (Phi) is 4.42. The minimum Gasteiger partial charge on any atom is -0.389 e. The van der Waals surface area contributed by atoms with E-state index in [1.807, 2.05) is 4.72 Å². The number of rotatable bonds is 5. The van der Waals surface area contributed by atoms with Crippen LogP contribution in [-0.2, 0) is 10.0 Å². The minimum absolute atomic E-state index is 0.122. The molecule has 20 heavy (non-hydrogen) atoms. The molecule has 0 aliphatic carbocycles. The molecule has 0 bridgehead atoms. The van der Waals surface area contributed by atoms with Crippen LogP contribution in [0.1, 0.15) is 13.8 Å². The van der Waals surface area contributed by atoms with Gasteiger partial charge in [-0.3, -0.25) is 10.1 Å². The predicted molar refractivity (Wildman–Crippen MR) is 64.5 cm³/mol. The van der Waals surface area contributed by atoms with Gasteiger partial charge in [-0.25, -0.2) is 17.5 Å². The zero-order chi connectivity index (χ0) is 15.7. The first-order chi connectivity index (χ1) is 8.94. The topological polar surface area (TPSA) is 110 Å². The average molecular weight is 310 g/mol. The Bertz CT molecular complexity index is 640. The highest BCUT2D eigenvalue weighted by molar-refractivity contribution is 7.89. The molecule has 0 radical (unpaired) electrons. The van der Waals surface area contributed by atoms with Crippen LogP contribution in [-0.4, -0.2) is 30.6 Å². The van der Waals surface area contributed by atoms with Gasteiger partial charge in [0.15, 0.2) is 0 Å². The summed E-state index contributed by atoms with van der Waals surface area (Å²) in [4.78, 5) is 8.29. The van der Waals surface area contributed by atoms with E-state index in [1.165, 1.54) is 13.8 Å². The summed E-state index contributed by atoms with van der Waals surface area (Å²) in [5.74, 6) is -2.94. The lowest BCUT2D eigenvalue weighted by Gasteiger charge is -2.17. The van der Waals surface area contributed by atoms with Gasteiger partial charge in [0.2, 0.25) is 15.8 Å². The van der Waals surface area contributed by atoms with Gasteiger partial charge in [-0.15, -0.1) is 0 Å². The number of nitro benzene ring substituents is 1. The molecule has 0 spiro atoms. The highest BCUT2D eigenvalue weighted by Gasteiger charge is 2.27. The fraction of sp³-hybridized carbons (Fsp3) is 0.400. The van der Waals surface area contributed by atoms with Crippen molar-refractivity contribution in [2.45, 2.75) is 24.3 Å². The van der Waals surface area contributed by atoms with Crippen LogP contribution >= 0.6 is 0 Å². The fourth-order valence-corrected chi connectivity index (χ4v) is 2.49. The van der Waals surface area contributed by atoms with E-state index in [1.54, 1.807) is 0 Å². The van der Waals surface area contributed by atoms with Crippen LogP contribution in [0.25, 0.3) is 0 Å². The minimum atomic E-state index is -4.45. The largest absolute Gasteiger partial charge is 0.389 e. The number of sulfonamides is 1. The van der Waals surface area contributed by atoms with Crippen LogP contribution in [0, 0.1) is 21.7 Å². The van der Waals surface area contributed by atoms with E-state index >= 15 is 0 Å². The summed E-state index contributed by atoms with van der Waals surface area (Å²) >= 11 is 0. The maximum Gasteiger partial charge on any atom is 0.306 e. The molecule has 0 unspecified atom stereocenters. The van der Waals surface area contributed by atoms with E-state index in [9.17, 15) is 32.4 Å². The van der Waals surface area contributed by atoms with E-state index < -0.39 is 49.3 Å². The van der Waals surface area contributed by atoms with E-state index in [2.05, 4.69) is 0 Å². The standard InChI is InChI=1S/C10H12F2N2O5S/c1-10(2,15)5-13-20(18,19)9-4-8(14(16)17)6(11)3-7(9)12/h3-4,13,15H,5H2,1-2H3. The Labute approximate surface area is 113 Å². The van der Waals surface area contributed by atoms with Crippen molar-refractivity contribution in [1.82, 2.24) is 4.72 Å². The summed E-state index contributed by atoms with van der Waals surface area (Å²) in [5, 5.41) is 19.9. The van der Waals surface area contributed by atoms with Crippen LogP contribution in [0.5, 0.6) is 0 Å². The van der Waals surface area contributed by atoms with Crippen LogP contribution in [0.4, 0.5) is 14.5 Å². The number of benzene rings is 1. The van der Waals surface area contributed by atoms with Crippen LogP contribution < -0.4 is 4.72 Å². The molecule has 0 heterocycles. The maximum atomic E-state index is 13.5.